The van der Waals surface area contributed by atoms with E-state index in [2.05, 4.69) is 23.1 Å². The predicted octanol–water partition coefficient (Wildman–Crippen LogP) is 5.36. The number of halogens is 3. The van der Waals surface area contributed by atoms with Gasteiger partial charge >= 0.3 is 12.1 Å². The zero-order valence-corrected chi connectivity index (χ0v) is 20.6. The Morgan fingerprint density at radius 3 is 2.49 bits per heavy atom. The zero-order chi connectivity index (χ0) is 26.4. The molecule has 10 heteroatoms. The number of carboxylic acids is 1. The van der Waals surface area contributed by atoms with Crippen LogP contribution in [0.4, 0.5) is 18.9 Å². The number of aliphatic carboxylic acids is 1. The molecule has 0 unspecified atom stereocenters. The Bertz CT molecular complexity index is 1220. The standard InChI is InChI=1S/C25H31N3O2.C2HF3O2/c26-25-20-6-1-2-7-22(20)27-23-17-19(30-13-5-12-28-10-3-4-11-28)16-21(24(23)25)18-8-14-29-15-9-18;3-2(4,5)1(6)7/h1-2,6-7,16-18H,3-5,8-15H2,(H2,26,27);(H,6,7). The SMILES string of the molecule is Nc1c2ccccc2nc2cc(OCCCN3CCCC3)cc(C3CCOCC3)c12.O=C(O)C(F)(F)F. The van der Waals surface area contributed by atoms with Gasteiger partial charge in [-0.25, -0.2) is 9.78 Å². The number of carboxylic acid groups (broad SMARTS) is 1. The first-order valence-corrected chi connectivity index (χ1v) is 12.6. The van der Waals surface area contributed by atoms with Crippen LogP contribution in [0.1, 0.15) is 43.6 Å². The molecule has 3 heterocycles. The van der Waals surface area contributed by atoms with Gasteiger partial charge in [0.2, 0.25) is 0 Å². The number of benzene rings is 2. The summed E-state index contributed by atoms with van der Waals surface area (Å²) in [4.78, 5) is 16.4. The number of anilines is 1. The van der Waals surface area contributed by atoms with E-state index in [1.54, 1.807) is 0 Å². The van der Waals surface area contributed by atoms with E-state index in [1.807, 2.05) is 18.2 Å². The minimum Gasteiger partial charge on any atom is -0.493 e. The summed E-state index contributed by atoms with van der Waals surface area (Å²) in [6, 6.07) is 12.4. The third kappa shape index (κ3) is 6.81. The fraction of sp³-hybridized carbons (Fsp3) is 0.481. The van der Waals surface area contributed by atoms with E-state index in [9.17, 15) is 13.2 Å². The number of fused-ring (bicyclic) bond motifs is 2. The molecule has 0 aliphatic carbocycles. The van der Waals surface area contributed by atoms with E-state index < -0.39 is 12.1 Å². The number of ether oxygens (including phenoxy) is 2. The third-order valence-corrected chi connectivity index (χ3v) is 6.82. The van der Waals surface area contributed by atoms with Crippen molar-refractivity contribution < 1.29 is 32.5 Å². The molecule has 0 atom stereocenters. The van der Waals surface area contributed by atoms with Crippen LogP contribution in [-0.4, -0.2) is 66.6 Å². The number of para-hydroxylation sites is 1. The topological polar surface area (TPSA) is 97.9 Å². The Kier molecular flexibility index (Phi) is 8.71. The summed E-state index contributed by atoms with van der Waals surface area (Å²) in [5.41, 5.74) is 10.7. The molecular formula is C27H32F3N3O4. The van der Waals surface area contributed by atoms with Crippen molar-refractivity contribution in [3.63, 3.8) is 0 Å². The van der Waals surface area contributed by atoms with Crippen LogP contribution >= 0.6 is 0 Å². The molecule has 200 valence electrons. The molecule has 2 aliphatic heterocycles. The number of carbonyl (C=O) groups is 1. The number of likely N-dealkylation sites (tertiary alicyclic amines) is 1. The number of nitrogens with zero attached hydrogens (tertiary/aromatic N) is 2. The van der Waals surface area contributed by atoms with Crippen molar-refractivity contribution in [1.82, 2.24) is 9.88 Å². The van der Waals surface area contributed by atoms with Crippen LogP contribution in [0.5, 0.6) is 5.75 Å². The molecular weight excluding hydrogens is 487 g/mol. The highest BCUT2D eigenvalue weighted by Gasteiger charge is 2.38. The highest BCUT2D eigenvalue weighted by Crippen LogP contribution is 2.40. The summed E-state index contributed by atoms with van der Waals surface area (Å²) < 4.78 is 43.6. The molecule has 0 amide bonds. The van der Waals surface area contributed by atoms with Crippen molar-refractivity contribution in [3.8, 4) is 5.75 Å². The monoisotopic (exact) mass is 519 g/mol. The number of hydrogen-bond acceptors (Lipinski definition) is 6. The Morgan fingerprint density at radius 1 is 1.14 bits per heavy atom. The van der Waals surface area contributed by atoms with Gasteiger partial charge in [-0.1, -0.05) is 18.2 Å². The van der Waals surface area contributed by atoms with Gasteiger partial charge in [-0.3, -0.25) is 0 Å². The number of rotatable bonds is 6. The largest absolute Gasteiger partial charge is 0.493 e. The first kappa shape index (κ1) is 26.9. The summed E-state index contributed by atoms with van der Waals surface area (Å²) in [7, 11) is 0. The van der Waals surface area contributed by atoms with Crippen LogP contribution in [0.25, 0.3) is 21.8 Å². The number of pyridine rings is 1. The van der Waals surface area contributed by atoms with Crippen LogP contribution in [-0.2, 0) is 9.53 Å². The summed E-state index contributed by atoms with van der Waals surface area (Å²) >= 11 is 0. The summed E-state index contributed by atoms with van der Waals surface area (Å²) in [5.74, 6) is -1.42. The Balaban J connectivity index is 0.000000405. The highest BCUT2D eigenvalue weighted by molar-refractivity contribution is 6.08. The average Bonchev–Trinajstić information content (AvgIpc) is 3.40. The highest BCUT2D eigenvalue weighted by atomic mass is 19.4. The zero-order valence-electron chi connectivity index (χ0n) is 20.6. The smallest absolute Gasteiger partial charge is 0.490 e. The van der Waals surface area contributed by atoms with Crippen molar-refractivity contribution in [2.75, 3.05) is 45.2 Å². The van der Waals surface area contributed by atoms with E-state index in [0.717, 1.165) is 78.9 Å². The van der Waals surface area contributed by atoms with Gasteiger partial charge in [0.25, 0.3) is 0 Å². The number of nitrogen functional groups attached to an aromatic ring is 1. The van der Waals surface area contributed by atoms with Gasteiger partial charge in [0.15, 0.2) is 0 Å². The lowest BCUT2D eigenvalue weighted by atomic mass is 9.87. The average molecular weight is 520 g/mol. The molecule has 2 aliphatic rings. The van der Waals surface area contributed by atoms with Gasteiger partial charge < -0.3 is 25.2 Å². The van der Waals surface area contributed by atoms with Crippen molar-refractivity contribution in [1.29, 1.82) is 0 Å². The minimum atomic E-state index is -5.08. The summed E-state index contributed by atoms with van der Waals surface area (Å²) in [6.07, 6.45) is 0.666. The van der Waals surface area contributed by atoms with Crippen molar-refractivity contribution in [2.45, 2.75) is 44.2 Å². The number of aromatic nitrogens is 1. The molecule has 5 rings (SSSR count). The van der Waals surface area contributed by atoms with Crippen LogP contribution in [0.3, 0.4) is 0 Å². The number of alkyl halides is 3. The van der Waals surface area contributed by atoms with E-state index in [0.29, 0.717) is 5.92 Å². The molecule has 0 saturated carbocycles. The van der Waals surface area contributed by atoms with Crippen LogP contribution in [0.2, 0.25) is 0 Å². The van der Waals surface area contributed by atoms with Gasteiger partial charge in [0.05, 0.1) is 23.3 Å². The summed E-state index contributed by atoms with van der Waals surface area (Å²) in [6.45, 7) is 5.93. The lowest BCUT2D eigenvalue weighted by Gasteiger charge is -2.25. The predicted molar refractivity (Wildman–Crippen MR) is 136 cm³/mol. The minimum absolute atomic E-state index is 0.430. The quantitative estimate of drug-likeness (QED) is 0.334. The van der Waals surface area contributed by atoms with E-state index >= 15 is 0 Å². The second-order valence-corrected chi connectivity index (χ2v) is 9.39. The van der Waals surface area contributed by atoms with Crippen molar-refractivity contribution in [3.05, 3.63) is 42.0 Å². The molecule has 0 spiro atoms. The maximum Gasteiger partial charge on any atom is 0.490 e. The molecule has 3 aromatic rings. The van der Waals surface area contributed by atoms with E-state index in [4.69, 9.17) is 30.1 Å². The van der Waals surface area contributed by atoms with Crippen LogP contribution < -0.4 is 10.5 Å². The van der Waals surface area contributed by atoms with Gasteiger partial charge in [-0.15, -0.1) is 0 Å². The first-order valence-electron chi connectivity index (χ1n) is 12.6. The van der Waals surface area contributed by atoms with Crippen molar-refractivity contribution >= 4 is 33.5 Å². The second-order valence-electron chi connectivity index (χ2n) is 9.39. The van der Waals surface area contributed by atoms with Crippen LogP contribution in [0, 0.1) is 0 Å². The molecule has 7 nitrogen and oxygen atoms in total. The first-order chi connectivity index (χ1) is 17.7. The van der Waals surface area contributed by atoms with Crippen LogP contribution in [0.15, 0.2) is 36.4 Å². The Hall–Kier alpha value is -3.11. The molecule has 2 aromatic carbocycles. The van der Waals surface area contributed by atoms with Gasteiger partial charge in [-0.2, -0.15) is 13.2 Å². The van der Waals surface area contributed by atoms with Gasteiger partial charge in [0.1, 0.15) is 5.75 Å². The number of nitrogens with two attached hydrogens (primary N) is 1. The normalized spacial score (nSPS) is 17.1. The van der Waals surface area contributed by atoms with Crippen molar-refractivity contribution in [2.24, 2.45) is 0 Å². The Morgan fingerprint density at radius 2 is 1.81 bits per heavy atom. The molecule has 2 fully saturated rings. The lowest BCUT2D eigenvalue weighted by molar-refractivity contribution is -0.192. The molecule has 37 heavy (non-hydrogen) atoms. The molecule has 1 aromatic heterocycles. The van der Waals surface area contributed by atoms with Gasteiger partial charge in [-0.05, 0) is 68.8 Å². The Labute approximate surface area is 213 Å². The maximum atomic E-state index is 10.6. The number of hydrogen-bond donors (Lipinski definition) is 2. The fourth-order valence-electron chi connectivity index (χ4n) is 4.97. The van der Waals surface area contributed by atoms with E-state index in [-0.39, 0.29) is 0 Å². The molecule has 2 saturated heterocycles. The molecule has 0 bridgehead atoms. The molecule has 3 N–H and O–H groups in total. The second kappa shape index (κ2) is 12.0. The van der Waals surface area contributed by atoms with Gasteiger partial charge in [0, 0.05) is 36.6 Å². The lowest BCUT2D eigenvalue weighted by Crippen LogP contribution is -2.22. The summed E-state index contributed by atoms with van der Waals surface area (Å²) in [5, 5.41) is 9.24. The molecule has 0 radical (unpaired) electrons. The maximum absolute atomic E-state index is 10.6. The van der Waals surface area contributed by atoms with E-state index in [1.165, 1.54) is 31.5 Å². The third-order valence-electron chi connectivity index (χ3n) is 6.82. The fourth-order valence-corrected chi connectivity index (χ4v) is 4.97.